The number of methoxy groups -OCH3 is 2. The summed E-state index contributed by atoms with van der Waals surface area (Å²) in [7, 11) is 3.28. The molecule has 0 fully saturated rings. The van der Waals surface area contributed by atoms with Gasteiger partial charge in [0.05, 0.1) is 14.2 Å². The summed E-state index contributed by atoms with van der Waals surface area (Å²) in [4.78, 5) is 0. The number of hydrogen-bond donors (Lipinski definition) is 1. The lowest BCUT2D eigenvalue weighted by molar-refractivity contribution is 0.392. The van der Waals surface area contributed by atoms with Crippen molar-refractivity contribution in [2.45, 2.75) is 12.5 Å². The van der Waals surface area contributed by atoms with Crippen molar-refractivity contribution in [1.29, 1.82) is 0 Å². The van der Waals surface area contributed by atoms with Gasteiger partial charge < -0.3 is 15.2 Å². The van der Waals surface area contributed by atoms with Gasteiger partial charge in [-0.15, -0.1) is 0 Å². The summed E-state index contributed by atoms with van der Waals surface area (Å²) in [5.74, 6) is 1.52. The molecule has 0 bridgehead atoms. The fraction of sp³-hybridized carbons (Fsp3) is 0.250. The largest absolute Gasteiger partial charge is 0.497 e. The van der Waals surface area contributed by atoms with E-state index >= 15 is 0 Å². The molecule has 1 atom stereocenters. The molecule has 2 aromatic rings. The Kier molecular flexibility index (Phi) is 4.42. The van der Waals surface area contributed by atoms with Crippen molar-refractivity contribution in [1.82, 2.24) is 0 Å². The molecule has 2 N–H and O–H groups in total. The van der Waals surface area contributed by atoms with Gasteiger partial charge in [-0.3, -0.25) is 0 Å². The first-order valence-electron chi connectivity index (χ1n) is 6.25. The van der Waals surface area contributed by atoms with E-state index in [-0.39, 0.29) is 6.04 Å². The smallest absolute Gasteiger partial charge is 0.122 e. The molecule has 1 unspecified atom stereocenters. The lowest BCUT2D eigenvalue weighted by Gasteiger charge is -2.15. The summed E-state index contributed by atoms with van der Waals surface area (Å²) in [5, 5.41) is 0. The van der Waals surface area contributed by atoms with E-state index < -0.39 is 0 Å². The van der Waals surface area contributed by atoms with Crippen molar-refractivity contribution < 1.29 is 9.47 Å². The van der Waals surface area contributed by atoms with Crippen LogP contribution in [-0.2, 0) is 6.42 Å². The summed E-state index contributed by atoms with van der Waals surface area (Å²) < 4.78 is 10.5. The van der Waals surface area contributed by atoms with Crippen LogP contribution in [0.4, 0.5) is 0 Å². The third-order valence-electron chi connectivity index (χ3n) is 3.10. The predicted molar refractivity (Wildman–Crippen MR) is 76.6 cm³/mol. The molecule has 0 amide bonds. The van der Waals surface area contributed by atoms with Crippen molar-refractivity contribution in [2.24, 2.45) is 5.73 Å². The van der Waals surface area contributed by atoms with E-state index in [9.17, 15) is 0 Å². The normalized spacial score (nSPS) is 11.9. The molecule has 0 spiro atoms. The molecule has 0 aromatic heterocycles. The van der Waals surface area contributed by atoms with Gasteiger partial charge in [0, 0.05) is 12.1 Å². The van der Waals surface area contributed by atoms with Gasteiger partial charge in [-0.2, -0.15) is 0 Å². The van der Waals surface area contributed by atoms with Gasteiger partial charge in [-0.25, -0.2) is 0 Å². The Bertz CT molecular complexity index is 503. The Morgan fingerprint density at radius 3 is 2.05 bits per heavy atom. The molecule has 3 heteroatoms. The van der Waals surface area contributed by atoms with Crippen molar-refractivity contribution >= 4 is 0 Å². The molecule has 0 radical (unpaired) electrons. The molecule has 3 nitrogen and oxygen atoms in total. The molecule has 19 heavy (non-hydrogen) atoms. The quantitative estimate of drug-likeness (QED) is 0.895. The van der Waals surface area contributed by atoms with Crippen molar-refractivity contribution in [3.63, 3.8) is 0 Å². The Morgan fingerprint density at radius 2 is 1.53 bits per heavy atom. The van der Waals surface area contributed by atoms with Crippen LogP contribution in [0.15, 0.2) is 48.5 Å². The van der Waals surface area contributed by atoms with Gasteiger partial charge >= 0.3 is 0 Å². The monoisotopic (exact) mass is 257 g/mol. The average Bonchev–Trinajstić information content (AvgIpc) is 2.47. The van der Waals surface area contributed by atoms with Crippen LogP contribution in [0.5, 0.6) is 11.5 Å². The first-order valence-corrected chi connectivity index (χ1v) is 6.25. The van der Waals surface area contributed by atoms with E-state index in [0.717, 1.165) is 23.5 Å². The van der Waals surface area contributed by atoms with Gasteiger partial charge in [0.15, 0.2) is 0 Å². The number of ether oxygens (including phenoxy) is 2. The minimum absolute atomic E-state index is 0.0774. The van der Waals surface area contributed by atoms with Crippen LogP contribution in [0.25, 0.3) is 0 Å². The minimum atomic E-state index is -0.0774. The molecular weight excluding hydrogens is 238 g/mol. The predicted octanol–water partition coefficient (Wildman–Crippen LogP) is 2.95. The average molecular weight is 257 g/mol. The topological polar surface area (TPSA) is 44.5 Å². The lowest BCUT2D eigenvalue weighted by Crippen LogP contribution is -2.13. The van der Waals surface area contributed by atoms with Crippen LogP contribution in [0.2, 0.25) is 0 Å². The third kappa shape index (κ3) is 3.48. The molecule has 2 aromatic carbocycles. The van der Waals surface area contributed by atoms with Gasteiger partial charge in [-0.05, 0) is 29.7 Å². The van der Waals surface area contributed by atoms with E-state index in [1.54, 1.807) is 14.2 Å². The van der Waals surface area contributed by atoms with E-state index in [0.29, 0.717) is 0 Å². The van der Waals surface area contributed by atoms with Crippen LogP contribution in [0.1, 0.15) is 17.2 Å². The SMILES string of the molecule is COc1cc(OC)cc(C(N)Cc2ccccc2)c1. The van der Waals surface area contributed by atoms with Crippen molar-refractivity contribution in [3.8, 4) is 11.5 Å². The summed E-state index contributed by atoms with van der Waals surface area (Å²) >= 11 is 0. The molecule has 0 aliphatic heterocycles. The maximum absolute atomic E-state index is 6.26. The molecule has 100 valence electrons. The van der Waals surface area contributed by atoms with Gasteiger partial charge in [0.25, 0.3) is 0 Å². The second-order valence-electron chi connectivity index (χ2n) is 4.44. The van der Waals surface area contributed by atoms with Crippen LogP contribution >= 0.6 is 0 Å². The Balaban J connectivity index is 2.20. The molecule has 2 rings (SSSR count). The molecule has 0 saturated heterocycles. The van der Waals surface area contributed by atoms with E-state index in [2.05, 4.69) is 12.1 Å². The highest BCUT2D eigenvalue weighted by Crippen LogP contribution is 2.27. The van der Waals surface area contributed by atoms with Crippen LogP contribution in [0.3, 0.4) is 0 Å². The summed E-state index contributed by atoms with van der Waals surface area (Å²) in [6.45, 7) is 0. The minimum Gasteiger partial charge on any atom is -0.497 e. The maximum atomic E-state index is 6.26. The first kappa shape index (κ1) is 13.4. The number of hydrogen-bond acceptors (Lipinski definition) is 3. The molecule has 0 saturated carbocycles. The molecule has 0 aliphatic rings. The first-order chi connectivity index (χ1) is 9.22. The maximum Gasteiger partial charge on any atom is 0.122 e. The van der Waals surface area contributed by atoms with Crippen LogP contribution < -0.4 is 15.2 Å². The van der Waals surface area contributed by atoms with E-state index in [1.165, 1.54) is 5.56 Å². The Hall–Kier alpha value is -2.00. The summed E-state index contributed by atoms with van der Waals surface area (Å²) in [6, 6.07) is 15.9. The van der Waals surface area contributed by atoms with E-state index in [4.69, 9.17) is 15.2 Å². The molecule has 0 aliphatic carbocycles. The lowest BCUT2D eigenvalue weighted by atomic mass is 9.99. The van der Waals surface area contributed by atoms with Crippen LogP contribution in [0, 0.1) is 0 Å². The zero-order chi connectivity index (χ0) is 13.7. The highest BCUT2D eigenvalue weighted by Gasteiger charge is 2.10. The number of rotatable bonds is 5. The fourth-order valence-electron chi connectivity index (χ4n) is 2.03. The number of benzene rings is 2. The zero-order valence-electron chi connectivity index (χ0n) is 11.3. The summed E-state index contributed by atoms with van der Waals surface area (Å²) in [6.07, 6.45) is 0.789. The second-order valence-corrected chi connectivity index (χ2v) is 4.44. The van der Waals surface area contributed by atoms with Crippen molar-refractivity contribution in [2.75, 3.05) is 14.2 Å². The third-order valence-corrected chi connectivity index (χ3v) is 3.10. The van der Waals surface area contributed by atoms with Crippen molar-refractivity contribution in [3.05, 3.63) is 59.7 Å². The number of nitrogens with two attached hydrogens (primary N) is 1. The molecule has 0 heterocycles. The van der Waals surface area contributed by atoms with Gasteiger partial charge in [-0.1, -0.05) is 30.3 Å². The van der Waals surface area contributed by atoms with Crippen LogP contribution in [-0.4, -0.2) is 14.2 Å². The Morgan fingerprint density at radius 1 is 0.947 bits per heavy atom. The fourth-order valence-corrected chi connectivity index (χ4v) is 2.03. The van der Waals surface area contributed by atoms with Gasteiger partial charge in [0.1, 0.15) is 11.5 Å². The van der Waals surface area contributed by atoms with Gasteiger partial charge in [0.2, 0.25) is 0 Å². The highest BCUT2D eigenvalue weighted by atomic mass is 16.5. The van der Waals surface area contributed by atoms with E-state index in [1.807, 2.05) is 36.4 Å². The second kappa shape index (κ2) is 6.25. The molecular formula is C16H19NO2. The standard InChI is InChI=1S/C16H19NO2/c1-18-14-9-13(10-15(11-14)19-2)16(17)8-12-6-4-3-5-7-12/h3-7,9-11,16H,8,17H2,1-2H3. The Labute approximate surface area is 114 Å². The zero-order valence-corrected chi connectivity index (χ0v) is 11.3. The summed E-state index contributed by atoms with van der Waals surface area (Å²) in [5.41, 5.74) is 8.50. The highest BCUT2D eigenvalue weighted by molar-refractivity contribution is 5.40.